The van der Waals surface area contributed by atoms with Gasteiger partial charge < -0.3 is 10.0 Å². The Hall–Kier alpha value is -2.25. The molecule has 1 atom stereocenters. The number of piperidine rings is 1. The number of anilines is 1. The summed E-state index contributed by atoms with van der Waals surface area (Å²) in [6.07, 6.45) is -1.82. The summed E-state index contributed by atoms with van der Waals surface area (Å²) >= 11 is 0. The minimum absolute atomic E-state index is 0.0663. The van der Waals surface area contributed by atoms with Crippen LogP contribution in [0.4, 0.5) is 20.2 Å². The topological polar surface area (TPSA) is 83.7 Å². The maximum absolute atomic E-state index is 12.9. The molecular weight excluding hydrogens is 298 g/mol. The molecule has 1 unspecified atom stereocenters. The van der Waals surface area contributed by atoms with Gasteiger partial charge in [-0.15, -0.1) is 0 Å². The Kier molecular flexibility index (Phi) is 4.89. The number of carboxylic acids is 1. The number of nitro benzene ring substituents is 1. The van der Waals surface area contributed by atoms with Crippen molar-refractivity contribution in [1.82, 2.24) is 0 Å². The predicted octanol–water partition coefficient (Wildman–Crippen LogP) is 2.70. The fraction of sp³-hybridized carbons (Fsp3) is 0.500. The van der Waals surface area contributed by atoms with Gasteiger partial charge in [-0.1, -0.05) is 6.07 Å². The first-order valence-electron chi connectivity index (χ1n) is 6.90. The molecule has 0 radical (unpaired) electrons. The smallest absolute Gasteiger partial charge is 0.307 e. The number of benzene rings is 1. The minimum Gasteiger partial charge on any atom is -0.481 e. The fourth-order valence-corrected chi connectivity index (χ4v) is 2.70. The number of carboxylic acid groups (broad SMARTS) is 1. The molecule has 0 spiro atoms. The number of carbonyl (C=O) groups is 1. The molecule has 1 aromatic rings. The maximum Gasteiger partial charge on any atom is 0.307 e. The lowest BCUT2D eigenvalue weighted by Crippen LogP contribution is -2.38. The third-order valence-electron chi connectivity index (χ3n) is 3.75. The average molecular weight is 314 g/mol. The van der Waals surface area contributed by atoms with E-state index in [1.165, 1.54) is 18.2 Å². The van der Waals surface area contributed by atoms with Gasteiger partial charge in [-0.2, -0.15) is 0 Å². The van der Waals surface area contributed by atoms with E-state index in [4.69, 9.17) is 5.11 Å². The molecule has 1 heterocycles. The maximum atomic E-state index is 12.9. The van der Waals surface area contributed by atoms with Crippen molar-refractivity contribution in [2.24, 2.45) is 5.92 Å². The summed E-state index contributed by atoms with van der Waals surface area (Å²) in [5.74, 6) is -1.88. The molecule has 8 heteroatoms. The molecule has 0 aliphatic carbocycles. The normalized spacial score (nSPS) is 18.5. The summed E-state index contributed by atoms with van der Waals surface area (Å²) in [5, 5.41) is 19.9. The highest BCUT2D eigenvalue weighted by atomic mass is 19.3. The second-order valence-corrected chi connectivity index (χ2v) is 5.33. The van der Waals surface area contributed by atoms with Gasteiger partial charge in [-0.3, -0.25) is 14.9 Å². The van der Waals surface area contributed by atoms with Gasteiger partial charge in [0.25, 0.3) is 5.69 Å². The number of halogens is 2. The van der Waals surface area contributed by atoms with Crippen molar-refractivity contribution < 1.29 is 23.6 Å². The molecule has 22 heavy (non-hydrogen) atoms. The number of rotatable bonds is 5. The Bertz CT molecular complexity index is 580. The van der Waals surface area contributed by atoms with Gasteiger partial charge in [0, 0.05) is 25.1 Å². The van der Waals surface area contributed by atoms with Gasteiger partial charge in [0.15, 0.2) is 0 Å². The number of nitrogens with zero attached hydrogens (tertiary/aromatic N) is 2. The highest BCUT2D eigenvalue weighted by molar-refractivity contribution is 5.72. The lowest BCUT2D eigenvalue weighted by atomic mass is 9.97. The molecule has 1 aromatic carbocycles. The van der Waals surface area contributed by atoms with Crippen molar-refractivity contribution in [3.8, 4) is 0 Å². The van der Waals surface area contributed by atoms with E-state index in [0.717, 1.165) is 0 Å². The van der Waals surface area contributed by atoms with E-state index in [1.54, 1.807) is 4.90 Å². The largest absolute Gasteiger partial charge is 0.481 e. The molecule has 1 fully saturated rings. The van der Waals surface area contributed by atoms with E-state index in [9.17, 15) is 23.7 Å². The Morgan fingerprint density at radius 2 is 2.23 bits per heavy atom. The van der Waals surface area contributed by atoms with Crippen LogP contribution in [0.5, 0.6) is 0 Å². The Morgan fingerprint density at radius 1 is 1.50 bits per heavy atom. The van der Waals surface area contributed by atoms with Gasteiger partial charge >= 0.3 is 5.97 Å². The molecule has 1 aliphatic heterocycles. The highest BCUT2D eigenvalue weighted by Crippen LogP contribution is 2.33. The van der Waals surface area contributed by atoms with E-state index in [0.29, 0.717) is 24.9 Å². The second kappa shape index (κ2) is 6.67. The van der Waals surface area contributed by atoms with E-state index >= 15 is 0 Å². The van der Waals surface area contributed by atoms with Crippen LogP contribution in [0.2, 0.25) is 0 Å². The monoisotopic (exact) mass is 314 g/mol. The first-order valence-corrected chi connectivity index (χ1v) is 6.90. The summed E-state index contributed by atoms with van der Waals surface area (Å²) in [5.41, 5.74) is 0.337. The number of hydrogen-bond acceptors (Lipinski definition) is 4. The number of aliphatic carboxylic acids is 1. The summed E-state index contributed by atoms with van der Waals surface area (Å²) < 4.78 is 25.7. The van der Waals surface area contributed by atoms with E-state index < -0.39 is 23.2 Å². The Labute approximate surface area is 125 Å². The second-order valence-electron chi connectivity index (χ2n) is 5.33. The molecule has 1 saturated heterocycles. The fourth-order valence-electron chi connectivity index (χ4n) is 2.70. The van der Waals surface area contributed by atoms with Crippen LogP contribution >= 0.6 is 0 Å². The molecule has 0 saturated carbocycles. The highest BCUT2D eigenvalue weighted by Gasteiger charge is 2.30. The molecule has 0 bridgehead atoms. The van der Waals surface area contributed by atoms with Crippen molar-refractivity contribution in [3.63, 3.8) is 0 Å². The molecule has 2 rings (SSSR count). The van der Waals surface area contributed by atoms with E-state index in [2.05, 4.69) is 0 Å². The third-order valence-corrected chi connectivity index (χ3v) is 3.75. The van der Waals surface area contributed by atoms with Crippen molar-refractivity contribution in [2.75, 3.05) is 18.0 Å². The van der Waals surface area contributed by atoms with Gasteiger partial charge in [0.05, 0.1) is 11.3 Å². The van der Waals surface area contributed by atoms with E-state index in [-0.39, 0.29) is 24.3 Å². The zero-order valence-electron chi connectivity index (χ0n) is 11.7. The van der Waals surface area contributed by atoms with Crippen LogP contribution in [0.3, 0.4) is 0 Å². The molecule has 6 nitrogen and oxygen atoms in total. The van der Waals surface area contributed by atoms with Crippen LogP contribution in [0, 0.1) is 16.0 Å². The first-order chi connectivity index (χ1) is 10.4. The zero-order valence-corrected chi connectivity index (χ0v) is 11.7. The Morgan fingerprint density at radius 3 is 2.82 bits per heavy atom. The van der Waals surface area contributed by atoms with Crippen LogP contribution in [0.1, 0.15) is 18.4 Å². The number of nitro groups is 1. The third kappa shape index (κ3) is 3.69. The van der Waals surface area contributed by atoms with Gasteiger partial charge in [0.2, 0.25) is 6.43 Å². The lowest BCUT2D eigenvalue weighted by Gasteiger charge is -2.33. The molecule has 120 valence electrons. The molecule has 0 aromatic heterocycles. The standard InChI is InChI=1S/C14H16F2N2O4/c15-14(16)10-2-1-5-17(8-10)11-4-3-9(7-13(19)20)6-12(11)18(21)22/h3-4,6,10,14H,1-2,5,7-8H2,(H,19,20). The first kappa shape index (κ1) is 16.1. The van der Waals surface area contributed by atoms with Crippen molar-refractivity contribution in [1.29, 1.82) is 0 Å². The van der Waals surface area contributed by atoms with Crippen LogP contribution in [0.25, 0.3) is 0 Å². The minimum atomic E-state index is -2.45. The summed E-state index contributed by atoms with van der Waals surface area (Å²) in [6.45, 7) is 0.541. The summed E-state index contributed by atoms with van der Waals surface area (Å²) in [4.78, 5) is 22.9. The molecular formula is C14H16F2N2O4. The van der Waals surface area contributed by atoms with Gasteiger partial charge in [0.1, 0.15) is 5.69 Å². The van der Waals surface area contributed by atoms with Crippen molar-refractivity contribution in [3.05, 3.63) is 33.9 Å². The van der Waals surface area contributed by atoms with Crippen LogP contribution in [0.15, 0.2) is 18.2 Å². The predicted molar refractivity (Wildman–Crippen MR) is 75.4 cm³/mol. The zero-order chi connectivity index (χ0) is 16.3. The van der Waals surface area contributed by atoms with Crippen molar-refractivity contribution >= 4 is 17.3 Å². The van der Waals surface area contributed by atoms with Gasteiger partial charge in [-0.05, 0) is 24.5 Å². The number of alkyl halides is 2. The Balaban J connectivity index is 2.29. The van der Waals surface area contributed by atoms with E-state index in [1.807, 2.05) is 0 Å². The molecule has 1 N–H and O–H groups in total. The molecule has 0 amide bonds. The SMILES string of the molecule is O=C(O)Cc1ccc(N2CCCC(C(F)F)C2)c([N+](=O)[O-])c1. The summed E-state index contributed by atoms with van der Waals surface area (Å²) in [6, 6.07) is 4.14. The van der Waals surface area contributed by atoms with Crippen LogP contribution in [-0.2, 0) is 11.2 Å². The summed E-state index contributed by atoms with van der Waals surface area (Å²) in [7, 11) is 0. The quantitative estimate of drug-likeness (QED) is 0.667. The average Bonchev–Trinajstić information content (AvgIpc) is 2.46. The molecule has 1 aliphatic rings. The number of hydrogen-bond donors (Lipinski definition) is 1. The van der Waals surface area contributed by atoms with Gasteiger partial charge in [-0.25, -0.2) is 8.78 Å². The lowest BCUT2D eigenvalue weighted by molar-refractivity contribution is -0.384. The van der Waals surface area contributed by atoms with Crippen LogP contribution < -0.4 is 4.90 Å². The van der Waals surface area contributed by atoms with Crippen molar-refractivity contribution in [2.45, 2.75) is 25.7 Å². The van der Waals surface area contributed by atoms with Crippen LogP contribution in [-0.4, -0.2) is 35.5 Å².